The van der Waals surface area contributed by atoms with Crippen LogP contribution < -0.4 is 5.32 Å². The minimum Gasteiger partial charge on any atom is -0.311 e. The second-order valence-electron chi connectivity index (χ2n) is 5.64. The molecule has 1 aliphatic rings. The lowest BCUT2D eigenvalue weighted by Gasteiger charge is -2.26. The van der Waals surface area contributed by atoms with Gasteiger partial charge in [-0.2, -0.15) is 0 Å². The Labute approximate surface area is 129 Å². The van der Waals surface area contributed by atoms with Gasteiger partial charge < -0.3 is 10.2 Å². The Hall–Kier alpha value is 0.1000. The van der Waals surface area contributed by atoms with E-state index in [9.17, 15) is 0 Å². The predicted molar refractivity (Wildman–Crippen MR) is 87.8 cm³/mol. The summed E-state index contributed by atoms with van der Waals surface area (Å²) in [6, 6.07) is 2.20. The van der Waals surface area contributed by atoms with Gasteiger partial charge in [0.1, 0.15) is 0 Å². The van der Waals surface area contributed by atoms with Gasteiger partial charge in [-0.3, -0.25) is 0 Å². The molecule has 1 saturated heterocycles. The molecule has 4 heteroatoms. The molecule has 108 valence electrons. The van der Waals surface area contributed by atoms with Crippen molar-refractivity contribution in [2.45, 2.75) is 39.7 Å². The van der Waals surface area contributed by atoms with E-state index in [1.165, 1.54) is 48.2 Å². The van der Waals surface area contributed by atoms with E-state index in [2.05, 4.69) is 51.4 Å². The minimum absolute atomic E-state index is 0.610. The van der Waals surface area contributed by atoms with Gasteiger partial charge in [-0.05, 0) is 53.2 Å². The zero-order valence-electron chi connectivity index (χ0n) is 12.0. The highest BCUT2D eigenvalue weighted by atomic mass is 79.9. The zero-order chi connectivity index (χ0) is 13.7. The summed E-state index contributed by atoms with van der Waals surface area (Å²) in [5.41, 5.74) is 0.610. The summed E-state index contributed by atoms with van der Waals surface area (Å²) >= 11 is 5.31. The van der Waals surface area contributed by atoms with Crippen molar-refractivity contribution in [2.75, 3.05) is 26.2 Å². The quantitative estimate of drug-likeness (QED) is 0.748. The summed E-state index contributed by atoms with van der Waals surface area (Å²) in [6.45, 7) is 10.6. The Kier molecular flexibility index (Phi) is 5.87. The molecule has 19 heavy (non-hydrogen) atoms. The van der Waals surface area contributed by atoms with Gasteiger partial charge in [-0.25, -0.2) is 0 Å². The number of nitrogens with one attached hydrogen (secondary N) is 1. The fraction of sp³-hybridized carbons (Fsp3) is 0.733. The van der Waals surface area contributed by atoms with Crippen molar-refractivity contribution in [1.82, 2.24) is 10.2 Å². The van der Waals surface area contributed by atoms with E-state index >= 15 is 0 Å². The van der Waals surface area contributed by atoms with Crippen LogP contribution in [0.25, 0.3) is 0 Å². The molecule has 0 atom stereocenters. The lowest BCUT2D eigenvalue weighted by molar-refractivity contribution is 0.240. The molecule has 0 unspecified atom stereocenters. The molecule has 2 heterocycles. The first-order chi connectivity index (χ1) is 9.17. The van der Waals surface area contributed by atoms with Crippen LogP contribution in [0.1, 0.15) is 38.0 Å². The number of halogens is 1. The Morgan fingerprint density at radius 1 is 1.42 bits per heavy atom. The van der Waals surface area contributed by atoms with Crippen LogP contribution in [-0.2, 0) is 6.54 Å². The summed E-state index contributed by atoms with van der Waals surface area (Å²) in [7, 11) is 0. The van der Waals surface area contributed by atoms with Crippen molar-refractivity contribution in [2.24, 2.45) is 5.41 Å². The summed E-state index contributed by atoms with van der Waals surface area (Å²) < 4.78 is 1.20. The van der Waals surface area contributed by atoms with E-state index < -0.39 is 0 Å². The number of nitrogens with zero attached hydrogens (tertiary/aromatic N) is 1. The molecule has 1 aromatic rings. The van der Waals surface area contributed by atoms with Crippen LogP contribution in [0.5, 0.6) is 0 Å². The summed E-state index contributed by atoms with van der Waals surface area (Å²) in [5, 5.41) is 5.70. The van der Waals surface area contributed by atoms with Crippen LogP contribution in [0, 0.1) is 5.41 Å². The van der Waals surface area contributed by atoms with Crippen molar-refractivity contribution < 1.29 is 0 Å². The number of likely N-dealkylation sites (tertiary alicyclic amines) is 1. The molecule has 2 rings (SSSR count). The molecule has 0 radical (unpaired) electrons. The Bertz CT molecular complexity index is 387. The van der Waals surface area contributed by atoms with Crippen LogP contribution >= 0.6 is 27.3 Å². The summed E-state index contributed by atoms with van der Waals surface area (Å²) in [6.07, 6.45) is 4.05. The van der Waals surface area contributed by atoms with Gasteiger partial charge in [0.25, 0.3) is 0 Å². The highest BCUT2D eigenvalue weighted by Crippen LogP contribution is 2.36. The second-order valence-corrected chi connectivity index (χ2v) is 7.55. The Morgan fingerprint density at radius 2 is 2.21 bits per heavy atom. The molecule has 1 N–H and O–H groups in total. The smallest absolute Gasteiger partial charge is 0.0300 e. The predicted octanol–water partition coefficient (Wildman–Crippen LogP) is 4.11. The molecule has 1 aromatic heterocycles. The molecule has 2 nitrogen and oxygen atoms in total. The maximum Gasteiger partial charge on any atom is 0.0300 e. The highest BCUT2D eigenvalue weighted by molar-refractivity contribution is 9.10. The first-order valence-corrected chi connectivity index (χ1v) is 9.01. The van der Waals surface area contributed by atoms with Crippen molar-refractivity contribution in [3.8, 4) is 0 Å². The van der Waals surface area contributed by atoms with Gasteiger partial charge in [0, 0.05) is 40.9 Å². The second kappa shape index (κ2) is 7.21. The molecule has 0 amide bonds. The molecule has 0 saturated carbocycles. The average Bonchev–Trinajstić information content (AvgIpc) is 3.02. The van der Waals surface area contributed by atoms with Gasteiger partial charge in [0.15, 0.2) is 0 Å². The van der Waals surface area contributed by atoms with Gasteiger partial charge in [0.05, 0.1) is 0 Å². The molecule has 0 aromatic carbocycles. The molecule has 1 aliphatic heterocycles. The monoisotopic (exact) mass is 344 g/mol. The highest BCUT2D eigenvalue weighted by Gasteiger charge is 2.34. The maximum atomic E-state index is 3.55. The first kappa shape index (κ1) is 15.5. The minimum atomic E-state index is 0.610. The lowest BCUT2D eigenvalue weighted by Crippen LogP contribution is -2.32. The number of rotatable bonds is 7. The standard InChI is InChI=1S/C15H25BrN2S/c1-3-15(4-2)5-7-18(12-15)8-6-17-10-14-9-13(16)11-19-14/h9,11,17H,3-8,10,12H2,1-2H3. The van der Waals surface area contributed by atoms with E-state index in [0.717, 1.165) is 13.1 Å². The average molecular weight is 345 g/mol. The molecule has 0 aliphatic carbocycles. The molecule has 1 fully saturated rings. The van der Waals surface area contributed by atoms with Gasteiger partial charge in [-0.15, -0.1) is 11.3 Å². The van der Waals surface area contributed by atoms with Crippen molar-refractivity contribution >= 4 is 27.3 Å². The van der Waals surface area contributed by atoms with Crippen LogP contribution in [0.15, 0.2) is 15.9 Å². The van der Waals surface area contributed by atoms with Crippen molar-refractivity contribution in [3.63, 3.8) is 0 Å². The van der Waals surface area contributed by atoms with Gasteiger partial charge in [-0.1, -0.05) is 13.8 Å². The van der Waals surface area contributed by atoms with E-state index in [0.29, 0.717) is 5.41 Å². The third-order valence-electron chi connectivity index (χ3n) is 4.54. The van der Waals surface area contributed by atoms with Crippen LogP contribution in [0.4, 0.5) is 0 Å². The Balaban J connectivity index is 1.64. The van der Waals surface area contributed by atoms with E-state index in [1.807, 2.05) is 11.3 Å². The number of hydrogen-bond donors (Lipinski definition) is 1. The van der Waals surface area contributed by atoms with Gasteiger partial charge >= 0.3 is 0 Å². The number of hydrogen-bond acceptors (Lipinski definition) is 3. The molecule has 0 bridgehead atoms. The summed E-state index contributed by atoms with van der Waals surface area (Å²) in [5.74, 6) is 0. The SMILES string of the molecule is CCC1(CC)CCN(CCNCc2cc(Br)cs2)C1. The Morgan fingerprint density at radius 3 is 2.79 bits per heavy atom. The fourth-order valence-corrected chi connectivity index (χ4v) is 4.36. The van der Waals surface area contributed by atoms with Crippen molar-refractivity contribution in [3.05, 3.63) is 20.8 Å². The molecular formula is C15H25BrN2S. The van der Waals surface area contributed by atoms with Crippen LogP contribution in [0.2, 0.25) is 0 Å². The third kappa shape index (κ3) is 4.28. The normalized spacial score (nSPS) is 19.1. The van der Waals surface area contributed by atoms with Gasteiger partial charge in [0.2, 0.25) is 0 Å². The lowest BCUT2D eigenvalue weighted by atomic mass is 9.82. The number of thiophene rings is 1. The third-order valence-corrected chi connectivity index (χ3v) is 6.24. The van der Waals surface area contributed by atoms with Crippen LogP contribution in [0.3, 0.4) is 0 Å². The fourth-order valence-electron chi connectivity index (χ4n) is 2.94. The topological polar surface area (TPSA) is 15.3 Å². The van der Waals surface area contributed by atoms with E-state index in [-0.39, 0.29) is 0 Å². The van der Waals surface area contributed by atoms with E-state index in [1.54, 1.807) is 0 Å². The molecular weight excluding hydrogens is 320 g/mol. The largest absolute Gasteiger partial charge is 0.311 e. The zero-order valence-corrected chi connectivity index (χ0v) is 14.4. The summed E-state index contributed by atoms with van der Waals surface area (Å²) in [4.78, 5) is 4.04. The van der Waals surface area contributed by atoms with Crippen molar-refractivity contribution in [1.29, 1.82) is 0 Å². The van der Waals surface area contributed by atoms with E-state index in [4.69, 9.17) is 0 Å². The van der Waals surface area contributed by atoms with Crippen LogP contribution in [-0.4, -0.2) is 31.1 Å². The molecule has 0 spiro atoms. The first-order valence-electron chi connectivity index (χ1n) is 7.33. The maximum absolute atomic E-state index is 3.55.